The molecule has 1 N–H and O–H groups in total. The molecule has 4 aromatic rings. The molecule has 130 valence electrons. The zero-order valence-electron chi connectivity index (χ0n) is 14.5. The Labute approximate surface area is 150 Å². The van der Waals surface area contributed by atoms with Crippen molar-refractivity contribution in [3.05, 3.63) is 71.9 Å². The fraction of sp³-hybridized carbons (Fsp3) is 0.158. The average molecular weight is 346 g/mol. The molecule has 0 unspecified atom stereocenters. The molecule has 0 bridgehead atoms. The lowest BCUT2D eigenvalue weighted by atomic mass is 10.1. The second-order valence-electron chi connectivity index (χ2n) is 6.14. The van der Waals surface area contributed by atoms with Gasteiger partial charge < -0.3 is 5.32 Å². The zero-order chi connectivity index (χ0) is 18.1. The van der Waals surface area contributed by atoms with Crippen molar-refractivity contribution in [2.24, 2.45) is 0 Å². The summed E-state index contributed by atoms with van der Waals surface area (Å²) in [4.78, 5) is 12.5. The zero-order valence-corrected chi connectivity index (χ0v) is 14.5. The van der Waals surface area contributed by atoms with Crippen molar-refractivity contribution < 1.29 is 4.79 Å². The molecule has 3 aromatic heterocycles. The Morgan fingerprint density at radius 3 is 2.73 bits per heavy atom. The van der Waals surface area contributed by atoms with Crippen LogP contribution in [0.3, 0.4) is 0 Å². The number of carbonyl (C=O) groups excluding carboxylic acids is 1. The molecule has 0 fully saturated rings. The van der Waals surface area contributed by atoms with Crippen molar-refractivity contribution in [2.75, 3.05) is 5.32 Å². The van der Waals surface area contributed by atoms with Crippen molar-refractivity contribution in [1.29, 1.82) is 0 Å². The van der Waals surface area contributed by atoms with Gasteiger partial charge in [0.25, 0.3) is 0 Å². The third-order valence-electron chi connectivity index (χ3n) is 4.35. The number of fused-ring (bicyclic) bond motifs is 1. The van der Waals surface area contributed by atoms with Crippen LogP contribution in [0.1, 0.15) is 17.0 Å². The van der Waals surface area contributed by atoms with Crippen molar-refractivity contribution in [2.45, 2.75) is 20.3 Å². The van der Waals surface area contributed by atoms with Crippen LogP contribution in [0.15, 0.2) is 55.0 Å². The Kier molecular flexibility index (Phi) is 3.96. The predicted octanol–water partition coefficient (Wildman–Crippen LogP) is 2.71. The highest BCUT2D eigenvalue weighted by atomic mass is 16.1. The van der Waals surface area contributed by atoms with Crippen molar-refractivity contribution in [3.8, 4) is 5.69 Å². The van der Waals surface area contributed by atoms with E-state index in [0.29, 0.717) is 5.69 Å². The third kappa shape index (κ3) is 2.95. The number of hydrogen-bond donors (Lipinski definition) is 1. The number of hydrogen-bond acceptors (Lipinski definition) is 4. The van der Waals surface area contributed by atoms with Gasteiger partial charge in [0.1, 0.15) is 6.33 Å². The normalized spacial score (nSPS) is 11.0. The fourth-order valence-corrected chi connectivity index (χ4v) is 3.02. The number of amides is 1. The predicted molar refractivity (Wildman–Crippen MR) is 98.4 cm³/mol. The molecular weight excluding hydrogens is 328 g/mol. The summed E-state index contributed by atoms with van der Waals surface area (Å²) in [5.41, 5.74) is 5.19. The molecule has 26 heavy (non-hydrogen) atoms. The molecule has 0 radical (unpaired) electrons. The van der Waals surface area contributed by atoms with Crippen molar-refractivity contribution >= 4 is 17.2 Å². The van der Waals surface area contributed by atoms with Gasteiger partial charge in [-0.05, 0) is 38.1 Å². The molecule has 0 spiro atoms. The molecule has 0 aliphatic heterocycles. The first-order valence-corrected chi connectivity index (χ1v) is 8.31. The van der Waals surface area contributed by atoms with E-state index in [0.717, 1.165) is 28.3 Å². The van der Waals surface area contributed by atoms with Gasteiger partial charge >= 0.3 is 0 Å². The summed E-state index contributed by atoms with van der Waals surface area (Å²) in [6.45, 7) is 3.91. The van der Waals surface area contributed by atoms with Crippen LogP contribution >= 0.6 is 0 Å². The first-order valence-electron chi connectivity index (χ1n) is 8.31. The number of nitrogens with zero attached hydrogens (tertiary/aromatic N) is 5. The molecule has 1 aromatic carbocycles. The monoisotopic (exact) mass is 346 g/mol. The van der Waals surface area contributed by atoms with E-state index in [-0.39, 0.29) is 12.3 Å². The maximum atomic E-state index is 12.5. The number of anilines is 1. The molecule has 0 aliphatic carbocycles. The lowest BCUT2D eigenvalue weighted by Crippen LogP contribution is -2.15. The Balaban J connectivity index is 1.55. The number of aromatic nitrogens is 5. The van der Waals surface area contributed by atoms with Gasteiger partial charge in [0.15, 0.2) is 5.65 Å². The molecule has 0 aliphatic rings. The van der Waals surface area contributed by atoms with Crippen molar-refractivity contribution in [3.63, 3.8) is 0 Å². The van der Waals surface area contributed by atoms with Crippen LogP contribution in [0, 0.1) is 13.8 Å². The number of nitrogens with one attached hydrogen (secondary N) is 1. The molecule has 4 rings (SSSR count). The first-order chi connectivity index (χ1) is 12.6. The highest BCUT2D eigenvalue weighted by molar-refractivity contribution is 5.92. The molecule has 0 saturated carbocycles. The van der Waals surface area contributed by atoms with E-state index in [9.17, 15) is 4.79 Å². The van der Waals surface area contributed by atoms with E-state index in [2.05, 4.69) is 20.6 Å². The first kappa shape index (κ1) is 16.0. The second-order valence-corrected chi connectivity index (χ2v) is 6.14. The SMILES string of the molecule is Cc1nn(-c2ccccc2)c(C)c1CC(=O)Nc1ccc2nncn2c1. The number of carbonyl (C=O) groups is 1. The van der Waals surface area contributed by atoms with Gasteiger partial charge in [0.05, 0.1) is 23.5 Å². The van der Waals surface area contributed by atoms with Crippen LogP contribution in [0.25, 0.3) is 11.3 Å². The summed E-state index contributed by atoms with van der Waals surface area (Å²) in [7, 11) is 0. The van der Waals surface area contributed by atoms with E-state index in [1.165, 1.54) is 0 Å². The summed E-state index contributed by atoms with van der Waals surface area (Å²) in [5, 5.41) is 15.3. The highest BCUT2D eigenvalue weighted by Gasteiger charge is 2.16. The molecule has 7 nitrogen and oxygen atoms in total. The maximum Gasteiger partial charge on any atom is 0.228 e. The molecule has 3 heterocycles. The average Bonchev–Trinajstić information content (AvgIpc) is 3.21. The van der Waals surface area contributed by atoms with Gasteiger partial charge in [-0.25, -0.2) is 4.68 Å². The minimum Gasteiger partial charge on any atom is -0.324 e. The van der Waals surface area contributed by atoms with Crippen LogP contribution in [0.4, 0.5) is 5.69 Å². The van der Waals surface area contributed by atoms with Gasteiger partial charge in [0, 0.05) is 17.5 Å². The van der Waals surface area contributed by atoms with E-state index < -0.39 is 0 Å². The van der Waals surface area contributed by atoms with E-state index in [4.69, 9.17) is 0 Å². The number of benzene rings is 1. The summed E-state index contributed by atoms with van der Waals surface area (Å²) in [5.74, 6) is -0.0868. The van der Waals surface area contributed by atoms with Crippen LogP contribution < -0.4 is 5.32 Å². The van der Waals surface area contributed by atoms with Gasteiger partial charge in [0.2, 0.25) is 5.91 Å². The number of rotatable bonds is 4. The molecule has 1 amide bonds. The number of aryl methyl sites for hydroxylation is 1. The third-order valence-corrected chi connectivity index (χ3v) is 4.35. The summed E-state index contributed by atoms with van der Waals surface area (Å²) < 4.78 is 3.64. The van der Waals surface area contributed by atoms with Gasteiger partial charge in [-0.1, -0.05) is 18.2 Å². The lowest BCUT2D eigenvalue weighted by Gasteiger charge is -2.07. The fourth-order valence-electron chi connectivity index (χ4n) is 3.02. The van der Waals surface area contributed by atoms with Crippen LogP contribution in [-0.4, -0.2) is 30.3 Å². The standard InChI is InChI=1S/C19H18N6O/c1-13-17(14(2)25(23-13)16-6-4-3-5-7-16)10-19(26)21-15-8-9-18-22-20-12-24(18)11-15/h3-9,11-12H,10H2,1-2H3,(H,21,26). The van der Waals surface area contributed by atoms with E-state index in [1.807, 2.05) is 61.0 Å². The molecule has 0 atom stereocenters. The number of para-hydroxylation sites is 1. The van der Waals surface area contributed by atoms with Crippen LogP contribution in [-0.2, 0) is 11.2 Å². The van der Waals surface area contributed by atoms with Gasteiger partial charge in [-0.2, -0.15) is 5.10 Å². The van der Waals surface area contributed by atoms with Crippen LogP contribution in [0.5, 0.6) is 0 Å². The minimum atomic E-state index is -0.0868. The quantitative estimate of drug-likeness (QED) is 0.616. The van der Waals surface area contributed by atoms with Gasteiger partial charge in [-0.3, -0.25) is 9.20 Å². The molecular formula is C19H18N6O. The summed E-state index contributed by atoms with van der Waals surface area (Å²) in [6, 6.07) is 13.5. The summed E-state index contributed by atoms with van der Waals surface area (Å²) >= 11 is 0. The summed E-state index contributed by atoms with van der Waals surface area (Å²) in [6.07, 6.45) is 3.66. The lowest BCUT2D eigenvalue weighted by molar-refractivity contribution is -0.115. The topological polar surface area (TPSA) is 77.1 Å². The highest BCUT2D eigenvalue weighted by Crippen LogP contribution is 2.19. The Hall–Kier alpha value is -3.48. The minimum absolute atomic E-state index is 0.0868. The van der Waals surface area contributed by atoms with Gasteiger partial charge in [-0.15, -0.1) is 10.2 Å². The largest absolute Gasteiger partial charge is 0.324 e. The smallest absolute Gasteiger partial charge is 0.228 e. The van der Waals surface area contributed by atoms with Crippen LogP contribution in [0.2, 0.25) is 0 Å². The van der Waals surface area contributed by atoms with E-state index in [1.54, 1.807) is 16.9 Å². The molecule has 0 saturated heterocycles. The Bertz CT molecular complexity index is 1080. The number of pyridine rings is 1. The van der Waals surface area contributed by atoms with Crippen molar-refractivity contribution in [1.82, 2.24) is 24.4 Å². The maximum absolute atomic E-state index is 12.5. The Morgan fingerprint density at radius 1 is 1.12 bits per heavy atom. The second kappa shape index (κ2) is 6.44. The van der Waals surface area contributed by atoms with E-state index >= 15 is 0 Å². The molecule has 7 heteroatoms. The Morgan fingerprint density at radius 2 is 1.92 bits per heavy atom.